The summed E-state index contributed by atoms with van der Waals surface area (Å²) >= 11 is -2.05. The van der Waals surface area contributed by atoms with Gasteiger partial charge in [-0.3, -0.25) is 0 Å². The van der Waals surface area contributed by atoms with Gasteiger partial charge < -0.3 is 4.90 Å². The van der Waals surface area contributed by atoms with Gasteiger partial charge in [-0.2, -0.15) is 0 Å². The van der Waals surface area contributed by atoms with Gasteiger partial charge in [0.25, 0.3) is 0 Å². The number of anilines is 1. The van der Waals surface area contributed by atoms with Crippen LogP contribution >= 0.6 is 19.4 Å². The molecule has 5 nitrogen and oxygen atoms in total. The Morgan fingerprint density at radius 2 is 1.60 bits per heavy atom. The van der Waals surface area contributed by atoms with Crippen LogP contribution < -0.4 is 9.64 Å². The molecule has 0 aliphatic carbocycles. The monoisotopic (exact) mass is 713 g/mol. The maximum atomic E-state index is 10.7. The molecule has 3 aromatic rings. The van der Waals surface area contributed by atoms with Gasteiger partial charge in [0, 0.05) is 11.2 Å². The number of nitrogens with zero attached hydrogens (tertiary/aromatic N) is 2. The van der Waals surface area contributed by atoms with Crippen LogP contribution in [0.3, 0.4) is 0 Å². The zero-order valence-corrected chi connectivity index (χ0v) is 30.0. The number of nitro benzene ring substituents is 1. The molecule has 0 amide bonds. The van der Waals surface area contributed by atoms with Crippen molar-refractivity contribution in [2.75, 3.05) is 4.90 Å². The van der Waals surface area contributed by atoms with E-state index < -0.39 is 18.4 Å². The fourth-order valence-electron chi connectivity index (χ4n) is 6.04. The van der Waals surface area contributed by atoms with Crippen LogP contribution in [0, 0.1) is 30.5 Å². The van der Waals surface area contributed by atoms with Crippen molar-refractivity contribution in [1.82, 2.24) is 0 Å². The number of rotatable bonds is 8. The molecule has 0 spiro atoms. The molecule has 0 aromatic heterocycles. The van der Waals surface area contributed by atoms with Crippen molar-refractivity contribution in [1.29, 1.82) is 0 Å². The van der Waals surface area contributed by atoms with Gasteiger partial charge in [-0.15, -0.1) is 5.41 Å². The summed E-state index contributed by atoms with van der Waals surface area (Å²) in [6, 6.07) is 18.2. The van der Waals surface area contributed by atoms with Gasteiger partial charge in [0.15, 0.2) is 0 Å². The predicted octanol–water partition coefficient (Wildman–Crippen LogP) is 9.99. The Kier molecular flexibility index (Phi) is 12.0. The first-order chi connectivity index (χ1) is 20.1. The number of ether oxygens (including phenoxy) is 1. The van der Waals surface area contributed by atoms with Crippen LogP contribution in [0.4, 0.5) is 11.4 Å². The molecule has 0 N–H and O–H groups in total. The molecule has 1 heterocycles. The minimum Gasteiger partial charge on any atom is -0.517 e. The summed E-state index contributed by atoms with van der Waals surface area (Å²) in [7, 11) is 11.6. The van der Waals surface area contributed by atoms with Crippen molar-refractivity contribution in [2.24, 2.45) is 0 Å². The molecule has 1 aliphatic rings. The van der Waals surface area contributed by atoms with Gasteiger partial charge in [0.1, 0.15) is 0 Å². The van der Waals surface area contributed by atoms with E-state index in [1.807, 2.05) is 13.8 Å². The normalized spacial score (nSPS) is 17.8. The Labute approximate surface area is 271 Å². The maximum Gasteiger partial charge on any atom is 0.0140 e. The van der Waals surface area contributed by atoms with E-state index in [2.05, 4.69) is 96.3 Å². The molecule has 1 saturated heterocycles. The second kappa shape index (κ2) is 14.7. The number of hydrogen-bond acceptors (Lipinski definition) is 4. The van der Waals surface area contributed by atoms with Crippen molar-refractivity contribution in [3.8, 4) is 5.75 Å². The average Bonchev–Trinajstić information content (AvgIpc) is 3.17. The van der Waals surface area contributed by atoms with Crippen LogP contribution in [0.2, 0.25) is 0 Å². The summed E-state index contributed by atoms with van der Waals surface area (Å²) < 4.78 is 7.17. The third kappa shape index (κ3) is 8.90. The smallest absolute Gasteiger partial charge is 0.0140 e. The van der Waals surface area contributed by atoms with Crippen LogP contribution in [0.5, 0.6) is 5.75 Å². The Hall–Kier alpha value is -2.27. The third-order valence-electron chi connectivity index (χ3n) is 7.71. The van der Waals surface area contributed by atoms with E-state index in [1.165, 1.54) is 45.6 Å². The molecule has 8 heteroatoms. The molecule has 1 atom stereocenters. The van der Waals surface area contributed by atoms with E-state index in [1.54, 1.807) is 10.7 Å². The number of benzene rings is 3. The summed E-state index contributed by atoms with van der Waals surface area (Å²) in [5.41, 5.74) is 9.24. The number of halogens is 2. The molecule has 0 unspecified atom stereocenters. The first-order valence-electron chi connectivity index (χ1n) is 14.7. The Balaban J connectivity index is 0.000000259. The van der Waals surface area contributed by atoms with Crippen LogP contribution in [0.15, 0.2) is 54.6 Å². The van der Waals surface area contributed by atoms with Crippen LogP contribution in [0.1, 0.15) is 88.3 Å². The average molecular weight is 714 g/mol. The van der Waals surface area contributed by atoms with Crippen molar-refractivity contribution < 1.29 is 23.2 Å². The first kappa shape index (κ1) is 35.2. The van der Waals surface area contributed by atoms with Gasteiger partial charge in [-0.05, 0) is 58.1 Å². The summed E-state index contributed by atoms with van der Waals surface area (Å²) in [5, 5.41) is 10.7. The van der Waals surface area contributed by atoms with Gasteiger partial charge in [0.2, 0.25) is 0 Å². The summed E-state index contributed by atoms with van der Waals surface area (Å²) in [4.78, 5) is 12.8. The van der Waals surface area contributed by atoms with E-state index in [4.69, 9.17) is 24.1 Å². The van der Waals surface area contributed by atoms with Gasteiger partial charge in [-0.25, -0.2) is 6.54 Å². The second-order valence-electron chi connectivity index (χ2n) is 12.4. The van der Waals surface area contributed by atoms with Gasteiger partial charge in [0.05, 0.1) is 0 Å². The Morgan fingerprint density at radius 1 is 1.02 bits per heavy atom. The number of hydrogen-bond donors (Lipinski definition) is 0. The van der Waals surface area contributed by atoms with E-state index in [0.717, 1.165) is 19.3 Å². The minimum absolute atomic E-state index is 0.00360. The van der Waals surface area contributed by atoms with E-state index in [-0.39, 0.29) is 22.7 Å². The SMILES string of the molecule is CC(C)Oc1ccc([N+](=O)[O-])cc1[CH]=[Ru]([Cl])[Cl].CCc1cccc(CC)c1N1[CH-][C@@](C)(c2cc(C)cc(C)c2)CC1(C)C. The fraction of sp³-hybridized carbons (Fsp3) is 0.429. The summed E-state index contributed by atoms with van der Waals surface area (Å²) in [6.45, 7) is 22.4. The minimum atomic E-state index is -2.05. The second-order valence-corrected chi connectivity index (χ2v) is 18.1. The number of aryl methyl sites for hydroxylation is 4. The molecule has 1 fully saturated rings. The van der Waals surface area contributed by atoms with Crippen LogP contribution in [-0.2, 0) is 31.8 Å². The molecule has 43 heavy (non-hydrogen) atoms. The number of non-ortho nitro benzene ring substituents is 1. The fourth-order valence-corrected chi connectivity index (χ4v) is 7.82. The summed E-state index contributed by atoms with van der Waals surface area (Å²) in [6.07, 6.45) is 3.26. The number of nitro groups is 1. The van der Waals surface area contributed by atoms with Crippen molar-refractivity contribution in [2.45, 2.75) is 98.6 Å². The predicted molar refractivity (Wildman–Crippen MR) is 180 cm³/mol. The quantitative estimate of drug-likeness (QED) is 0.101. The van der Waals surface area contributed by atoms with Crippen LogP contribution in [-0.4, -0.2) is 21.2 Å². The first-order valence-corrected chi connectivity index (χ1v) is 20.2. The number of para-hydroxylation sites is 1. The third-order valence-corrected chi connectivity index (χ3v) is 9.54. The van der Waals surface area contributed by atoms with Crippen molar-refractivity contribution in [3.63, 3.8) is 0 Å². The molecule has 236 valence electrons. The van der Waals surface area contributed by atoms with E-state index >= 15 is 0 Å². The Bertz CT molecular complexity index is 1440. The van der Waals surface area contributed by atoms with Gasteiger partial charge >= 0.3 is 112 Å². The molecule has 0 radical (unpaired) electrons. The standard InChI is InChI=1S/C25H34N.C10H11NO3.2ClH.Ru/c1-8-20-11-10-12-21(9-2)23(20)26-17-25(7,16-24(26,5)6)22-14-18(3)13-19(4)15-22;1-7(2)14-10-5-4-9(11(12)13)6-8(10)3;;;/h10-15,17H,8-9,16H2,1-7H3;3-7H,1-2H3;2*1H;/q-1;;;;+2/p-2/t25-;;;;/m0..../s1. The molecule has 3 aromatic carbocycles. The molecule has 4 rings (SSSR count). The van der Waals surface area contributed by atoms with Crippen molar-refractivity contribution >= 4 is 35.4 Å². The maximum absolute atomic E-state index is 10.7. The molecule has 1 aliphatic heterocycles. The molecular weight excluding hydrogens is 668 g/mol. The largest absolute Gasteiger partial charge is 0.517 e. The zero-order valence-electron chi connectivity index (χ0n) is 26.8. The van der Waals surface area contributed by atoms with Crippen LogP contribution in [0.25, 0.3) is 0 Å². The van der Waals surface area contributed by atoms with Crippen molar-refractivity contribution in [3.05, 3.63) is 105 Å². The van der Waals surface area contributed by atoms with Gasteiger partial charge in [-0.1, -0.05) is 73.9 Å². The van der Waals surface area contributed by atoms with E-state index in [0.29, 0.717) is 11.3 Å². The summed E-state index contributed by atoms with van der Waals surface area (Å²) in [5.74, 6) is 0.561. The molecule has 0 bridgehead atoms. The van der Waals surface area contributed by atoms with E-state index in [9.17, 15) is 10.1 Å². The molecule has 0 saturated carbocycles. The molecular formula is C35H45Cl2N2O3Ru-. The Morgan fingerprint density at radius 3 is 2.09 bits per heavy atom. The zero-order chi connectivity index (χ0) is 32.1. The topological polar surface area (TPSA) is 55.6 Å².